The third-order valence-electron chi connectivity index (χ3n) is 5.69. The number of guanidine groups is 1. The lowest BCUT2D eigenvalue weighted by atomic mass is 10.1. The Morgan fingerprint density at radius 1 is 1.03 bits per heavy atom. The van der Waals surface area contributed by atoms with Gasteiger partial charge in [0.15, 0.2) is 5.96 Å². The van der Waals surface area contributed by atoms with E-state index in [0.29, 0.717) is 25.8 Å². The summed E-state index contributed by atoms with van der Waals surface area (Å²) in [6.45, 7) is 5.59. The summed E-state index contributed by atoms with van der Waals surface area (Å²) >= 11 is 0. The lowest BCUT2D eigenvalue weighted by Gasteiger charge is -2.22. The first kappa shape index (κ1) is 24.5. The van der Waals surface area contributed by atoms with Crippen LogP contribution < -0.4 is 10.6 Å². The summed E-state index contributed by atoms with van der Waals surface area (Å²) in [5, 5.41) is 7.89. The summed E-state index contributed by atoms with van der Waals surface area (Å²) in [6, 6.07) is 16.6. The monoisotopic (exact) mass is 549 g/mol. The third kappa shape index (κ3) is 6.46. The molecule has 172 valence electrons. The summed E-state index contributed by atoms with van der Waals surface area (Å²) in [5.74, 6) is 1.67. The van der Waals surface area contributed by atoms with Crippen molar-refractivity contribution in [2.45, 2.75) is 45.6 Å². The van der Waals surface area contributed by atoms with Crippen molar-refractivity contribution in [2.24, 2.45) is 4.99 Å². The highest BCUT2D eigenvalue weighted by Crippen LogP contribution is 2.24. The minimum Gasteiger partial charge on any atom is -0.459 e. The molecule has 3 aromatic rings. The summed E-state index contributed by atoms with van der Waals surface area (Å²) in [4.78, 5) is 4.34. The fourth-order valence-corrected chi connectivity index (χ4v) is 3.85. The Hall–Kier alpha value is -2.10. The Kier molecular flexibility index (Phi) is 9.37. The second kappa shape index (κ2) is 12.2. The highest BCUT2D eigenvalue weighted by Gasteiger charge is 2.14. The molecular formula is C25H32IN3O3. The maximum atomic E-state index is 6.05. The molecule has 0 radical (unpaired) electrons. The summed E-state index contributed by atoms with van der Waals surface area (Å²) < 4.78 is 17.4. The fourth-order valence-electron chi connectivity index (χ4n) is 3.85. The van der Waals surface area contributed by atoms with Crippen LogP contribution in [0.25, 0.3) is 11.0 Å². The maximum absolute atomic E-state index is 6.05. The van der Waals surface area contributed by atoms with Crippen LogP contribution in [0.15, 0.2) is 57.9 Å². The molecule has 0 bridgehead atoms. The Labute approximate surface area is 206 Å². The van der Waals surface area contributed by atoms with Crippen molar-refractivity contribution >= 4 is 40.9 Å². The van der Waals surface area contributed by atoms with E-state index < -0.39 is 0 Å². The molecule has 0 atom stereocenters. The molecule has 0 unspecified atom stereocenters. The van der Waals surface area contributed by atoms with Gasteiger partial charge in [0.1, 0.15) is 11.3 Å². The van der Waals surface area contributed by atoms with Crippen LogP contribution in [0.4, 0.5) is 0 Å². The number of hydrogen-bond donors (Lipinski definition) is 2. The third-order valence-corrected chi connectivity index (χ3v) is 5.69. The van der Waals surface area contributed by atoms with Crippen molar-refractivity contribution in [3.05, 3.63) is 71.0 Å². The lowest BCUT2D eigenvalue weighted by molar-refractivity contribution is -0.0390. The number of rotatable bonds is 7. The first-order valence-electron chi connectivity index (χ1n) is 10.9. The molecule has 1 fully saturated rings. The smallest absolute Gasteiger partial charge is 0.191 e. The van der Waals surface area contributed by atoms with Gasteiger partial charge < -0.3 is 24.5 Å². The molecule has 32 heavy (non-hydrogen) atoms. The summed E-state index contributed by atoms with van der Waals surface area (Å²) in [7, 11) is 1.78. The van der Waals surface area contributed by atoms with Crippen molar-refractivity contribution in [3.8, 4) is 0 Å². The van der Waals surface area contributed by atoms with Gasteiger partial charge in [0, 0.05) is 37.8 Å². The zero-order chi connectivity index (χ0) is 21.5. The molecule has 2 N–H and O–H groups in total. The topological polar surface area (TPSA) is 68.0 Å². The predicted octanol–water partition coefficient (Wildman–Crippen LogP) is 4.92. The molecule has 1 aromatic heterocycles. The Morgan fingerprint density at radius 2 is 1.78 bits per heavy atom. The second-order valence-corrected chi connectivity index (χ2v) is 7.87. The Morgan fingerprint density at radius 3 is 2.56 bits per heavy atom. The molecule has 4 rings (SSSR count). The second-order valence-electron chi connectivity index (χ2n) is 7.87. The quantitative estimate of drug-likeness (QED) is 0.249. The van der Waals surface area contributed by atoms with Crippen molar-refractivity contribution in [2.75, 3.05) is 20.3 Å². The van der Waals surface area contributed by atoms with Gasteiger partial charge >= 0.3 is 0 Å². The number of nitrogens with zero attached hydrogens (tertiary/aromatic N) is 1. The van der Waals surface area contributed by atoms with Gasteiger partial charge in [-0.3, -0.25) is 4.99 Å². The first-order chi connectivity index (χ1) is 15.2. The summed E-state index contributed by atoms with van der Waals surface area (Å²) in [5.41, 5.74) is 4.46. The van der Waals surface area contributed by atoms with Crippen molar-refractivity contribution in [1.82, 2.24) is 10.6 Å². The van der Waals surface area contributed by atoms with Gasteiger partial charge in [-0.2, -0.15) is 0 Å². The SMILES string of the molecule is CN=C(NCc1cccc(COC2CCOCC2)c1)NCc1oc2ccccc2c1C.I. The predicted molar refractivity (Wildman–Crippen MR) is 138 cm³/mol. The van der Waals surface area contributed by atoms with Crippen LogP contribution in [0.3, 0.4) is 0 Å². The zero-order valence-corrected chi connectivity index (χ0v) is 21.1. The van der Waals surface area contributed by atoms with E-state index in [1.807, 2.05) is 18.2 Å². The van der Waals surface area contributed by atoms with E-state index in [1.54, 1.807) is 7.05 Å². The molecule has 0 saturated carbocycles. The maximum Gasteiger partial charge on any atom is 0.191 e. The van der Waals surface area contributed by atoms with Crippen LogP contribution in [0.5, 0.6) is 0 Å². The van der Waals surface area contributed by atoms with E-state index in [9.17, 15) is 0 Å². The van der Waals surface area contributed by atoms with Crippen LogP contribution >= 0.6 is 24.0 Å². The van der Waals surface area contributed by atoms with E-state index in [1.165, 1.54) is 11.1 Å². The van der Waals surface area contributed by atoms with Gasteiger partial charge in [-0.15, -0.1) is 24.0 Å². The molecule has 0 aliphatic carbocycles. The Bertz CT molecular complexity index is 1030. The number of ether oxygens (including phenoxy) is 2. The Balaban J connectivity index is 0.00000289. The van der Waals surface area contributed by atoms with Crippen LogP contribution in [0.2, 0.25) is 0 Å². The van der Waals surface area contributed by atoms with Crippen LogP contribution in [0.1, 0.15) is 35.3 Å². The van der Waals surface area contributed by atoms with Crippen LogP contribution in [0, 0.1) is 6.92 Å². The zero-order valence-electron chi connectivity index (χ0n) is 18.7. The van der Waals surface area contributed by atoms with Gasteiger partial charge in [-0.1, -0.05) is 42.5 Å². The van der Waals surface area contributed by atoms with Gasteiger partial charge in [0.25, 0.3) is 0 Å². The molecule has 2 aromatic carbocycles. The molecule has 0 spiro atoms. The first-order valence-corrected chi connectivity index (χ1v) is 10.9. The number of furan rings is 1. The minimum atomic E-state index is 0. The van der Waals surface area contributed by atoms with Crippen molar-refractivity contribution in [3.63, 3.8) is 0 Å². The number of halogens is 1. The number of aliphatic imine (C=N–C) groups is 1. The van der Waals surface area contributed by atoms with E-state index in [2.05, 4.69) is 52.9 Å². The number of hydrogen-bond acceptors (Lipinski definition) is 4. The average molecular weight is 549 g/mol. The molecule has 1 saturated heterocycles. The van der Waals surface area contributed by atoms with E-state index in [0.717, 1.165) is 54.3 Å². The van der Waals surface area contributed by atoms with Crippen LogP contribution in [-0.4, -0.2) is 32.3 Å². The number of fused-ring (bicyclic) bond motifs is 1. The highest BCUT2D eigenvalue weighted by molar-refractivity contribution is 14.0. The minimum absolute atomic E-state index is 0. The molecule has 1 aliphatic rings. The number of nitrogens with one attached hydrogen (secondary N) is 2. The molecule has 7 heteroatoms. The standard InChI is InChI=1S/C25H31N3O3.HI/c1-18-22-8-3-4-9-23(22)31-24(18)16-28-25(26-2)27-15-19-6-5-7-20(14-19)17-30-21-10-12-29-13-11-21;/h3-9,14,21H,10-13,15-17H2,1-2H3,(H2,26,27,28);1H. The summed E-state index contributed by atoms with van der Waals surface area (Å²) in [6.07, 6.45) is 2.27. The van der Waals surface area contributed by atoms with Gasteiger partial charge in [0.05, 0.1) is 19.3 Å². The van der Waals surface area contributed by atoms with E-state index in [-0.39, 0.29) is 24.0 Å². The van der Waals surface area contributed by atoms with Crippen LogP contribution in [-0.2, 0) is 29.2 Å². The van der Waals surface area contributed by atoms with Gasteiger partial charge in [-0.05, 0) is 37.0 Å². The average Bonchev–Trinajstić information content (AvgIpc) is 3.14. The highest BCUT2D eigenvalue weighted by atomic mass is 127. The molecule has 2 heterocycles. The van der Waals surface area contributed by atoms with E-state index >= 15 is 0 Å². The number of benzene rings is 2. The molecule has 0 amide bonds. The van der Waals surface area contributed by atoms with Crippen molar-refractivity contribution < 1.29 is 13.9 Å². The lowest BCUT2D eigenvalue weighted by Crippen LogP contribution is -2.36. The molecule has 1 aliphatic heterocycles. The largest absolute Gasteiger partial charge is 0.459 e. The van der Waals surface area contributed by atoms with Crippen molar-refractivity contribution in [1.29, 1.82) is 0 Å². The normalized spacial score (nSPS) is 14.9. The van der Waals surface area contributed by atoms with Gasteiger partial charge in [0.2, 0.25) is 0 Å². The molecule has 6 nitrogen and oxygen atoms in total. The number of para-hydroxylation sites is 1. The van der Waals surface area contributed by atoms with E-state index in [4.69, 9.17) is 13.9 Å². The fraction of sp³-hybridized carbons (Fsp3) is 0.400. The number of aryl methyl sites for hydroxylation is 1. The van der Waals surface area contributed by atoms with Gasteiger partial charge in [-0.25, -0.2) is 0 Å². The molecular weight excluding hydrogens is 517 g/mol.